The summed E-state index contributed by atoms with van der Waals surface area (Å²) < 4.78 is 31.8. The van der Waals surface area contributed by atoms with Gasteiger partial charge in [0.25, 0.3) is 4.46 Å². The fraction of sp³-hybridized carbons (Fsp3) is 0.429. The molecule has 0 aliphatic heterocycles. The molecule has 0 amide bonds. The molecule has 0 saturated carbocycles. The zero-order valence-electron chi connectivity index (χ0n) is 6.79. The molecule has 12 heavy (non-hydrogen) atoms. The van der Waals surface area contributed by atoms with Gasteiger partial charge in [0.1, 0.15) is 0 Å². The Hall–Kier alpha value is -0.350. The molecule has 0 bridgehead atoms. The Balaban J connectivity index is 4.68. The maximum Gasteiger partial charge on any atom is 0.284 e. The van der Waals surface area contributed by atoms with Crippen LogP contribution in [0, 0.1) is 0 Å². The van der Waals surface area contributed by atoms with Gasteiger partial charge in [-0.3, -0.25) is 0 Å². The minimum Gasteiger partial charge on any atom is -0.220 e. The Bertz CT molecular complexity index is 285. The Morgan fingerprint density at radius 1 is 1.42 bits per heavy atom. The van der Waals surface area contributed by atoms with Crippen LogP contribution in [-0.2, 0) is 9.84 Å². The van der Waals surface area contributed by atoms with E-state index in [4.69, 9.17) is 11.6 Å². The average Bonchev–Trinajstić information content (AvgIpc) is 1.85. The Labute approximate surface area is 76.6 Å². The summed E-state index contributed by atoms with van der Waals surface area (Å²) in [6.45, 7) is 2.50. The number of allylic oxidation sites excluding steroid dienone is 3. The Morgan fingerprint density at radius 3 is 2.25 bits per heavy atom. The Morgan fingerprint density at radius 2 is 1.92 bits per heavy atom. The highest BCUT2D eigenvalue weighted by Crippen LogP contribution is 2.25. The van der Waals surface area contributed by atoms with E-state index in [1.807, 2.05) is 0 Å². The summed E-state index contributed by atoms with van der Waals surface area (Å²) in [5.41, 5.74) is 0. The van der Waals surface area contributed by atoms with Crippen LogP contribution in [0.5, 0.6) is 0 Å². The molecule has 0 aromatic carbocycles. The second-order valence-corrected chi connectivity index (χ2v) is 5.27. The number of rotatable bonds is 3. The van der Waals surface area contributed by atoms with Gasteiger partial charge in [0.2, 0.25) is 9.84 Å². The number of sulfone groups is 1. The molecule has 0 aliphatic carbocycles. The molecule has 0 aromatic heterocycles. The molecule has 2 nitrogen and oxygen atoms in total. The van der Waals surface area contributed by atoms with Crippen LogP contribution in [0.15, 0.2) is 23.6 Å². The van der Waals surface area contributed by atoms with E-state index in [2.05, 4.69) is 0 Å². The van der Waals surface area contributed by atoms with Crippen LogP contribution in [0.25, 0.3) is 0 Å². The third-order valence-electron chi connectivity index (χ3n) is 1.06. The third-order valence-corrected chi connectivity index (χ3v) is 3.22. The predicted octanol–water partition coefficient (Wildman–Crippen LogP) is 2.37. The molecule has 1 atom stereocenters. The van der Waals surface area contributed by atoms with Crippen molar-refractivity contribution in [2.45, 2.75) is 18.3 Å². The van der Waals surface area contributed by atoms with Gasteiger partial charge in [0.05, 0.1) is 0 Å². The topological polar surface area (TPSA) is 34.1 Å². The molecule has 0 heterocycles. The summed E-state index contributed by atoms with van der Waals surface area (Å²) in [7, 11) is -4.00. The quantitative estimate of drug-likeness (QED) is 0.532. The van der Waals surface area contributed by atoms with E-state index in [1.165, 1.54) is 12.2 Å². The zero-order chi connectivity index (χ0) is 9.83. The lowest BCUT2D eigenvalue weighted by Crippen LogP contribution is -2.20. The second-order valence-electron chi connectivity index (χ2n) is 2.21. The van der Waals surface area contributed by atoms with Crippen LogP contribution in [0.1, 0.15) is 13.8 Å². The number of halogens is 2. The lowest BCUT2D eigenvalue weighted by molar-refractivity contribution is 0.403. The van der Waals surface area contributed by atoms with Gasteiger partial charge in [0.15, 0.2) is 0 Å². The molecule has 0 rings (SSSR count). The van der Waals surface area contributed by atoms with Crippen LogP contribution in [0.2, 0.25) is 0 Å². The van der Waals surface area contributed by atoms with E-state index in [0.717, 1.165) is 12.3 Å². The molecule has 1 unspecified atom stereocenters. The molecule has 0 fully saturated rings. The summed E-state index contributed by atoms with van der Waals surface area (Å²) in [6.07, 6.45) is 4.31. The standard InChI is InChI=1S/C7H10ClFO2S/c1-3-4-5-6-12(10,11)7(2,8)9/h3-6H,1-2H3/b4-3-,6-5-. The molecule has 0 N–H and O–H groups in total. The highest BCUT2D eigenvalue weighted by Gasteiger charge is 2.34. The number of hydrogen-bond acceptors (Lipinski definition) is 2. The van der Waals surface area contributed by atoms with Gasteiger partial charge in [0, 0.05) is 5.41 Å². The lowest BCUT2D eigenvalue weighted by atomic mass is 10.5. The van der Waals surface area contributed by atoms with E-state index in [9.17, 15) is 12.8 Å². The Kier molecular flexibility index (Phi) is 3.93. The van der Waals surface area contributed by atoms with Crippen LogP contribution >= 0.6 is 11.6 Å². The van der Waals surface area contributed by atoms with Crippen molar-refractivity contribution in [3.8, 4) is 0 Å². The highest BCUT2D eigenvalue weighted by molar-refractivity contribution is 7.96. The molecule has 0 spiro atoms. The third kappa shape index (κ3) is 3.36. The van der Waals surface area contributed by atoms with Gasteiger partial charge in [-0.2, -0.15) is 0 Å². The van der Waals surface area contributed by atoms with Crippen molar-refractivity contribution >= 4 is 21.4 Å². The zero-order valence-corrected chi connectivity index (χ0v) is 8.36. The summed E-state index contributed by atoms with van der Waals surface area (Å²) in [5.74, 6) is 0. The number of alkyl halides is 2. The molecular weight excluding hydrogens is 203 g/mol. The molecule has 0 aliphatic rings. The normalized spacial score (nSPS) is 18.7. The summed E-state index contributed by atoms with van der Waals surface area (Å²) in [5, 5.41) is 0.736. The first-order valence-corrected chi connectivity index (χ1v) is 5.15. The fourth-order valence-corrected chi connectivity index (χ4v) is 1.07. The van der Waals surface area contributed by atoms with Crippen molar-refractivity contribution in [3.63, 3.8) is 0 Å². The first-order valence-electron chi connectivity index (χ1n) is 3.23. The van der Waals surface area contributed by atoms with Crippen molar-refractivity contribution in [3.05, 3.63) is 23.6 Å². The maximum atomic E-state index is 12.7. The first-order chi connectivity index (χ1) is 5.31. The molecular formula is C7H10ClFO2S. The van der Waals surface area contributed by atoms with Crippen molar-refractivity contribution in [1.82, 2.24) is 0 Å². The summed E-state index contributed by atoms with van der Waals surface area (Å²) in [6, 6.07) is 0. The maximum absolute atomic E-state index is 12.7. The van der Waals surface area contributed by atoms with Crippen molar-refractivity contribution in [1.29, 1.82) is 0 Å². The van der Waals surface area contributed by atoms with Crippen molar-refractivity contribution in [2.75, 3.05) is 0 Å². The highest BCUT2D eigenvalue weighted by atomic mass is 35.5. The molecule has 70 valence electrons. The van der Waals surface area contributed by atoms with E-state index < -0.39 is 14.3 Å². The van der Waals surface area contributed by atoms with Gasteiger partial charge < -0.3 is 0 Å². The molecule has 0 saturated heterocycles. The monoisotopic (exact) mass is 212 g/mol. The van der Waals surface area contributed by atoms with E-state index in [0.29, 0.717) is 0 Å². The first kappa shape index (κ1) is 11.6. The fourth-order valence-electron chi connectivity index (χ4n) is 0.379. The van der Waals surface area contributed by atoms with Gasteiger partial charge >= 0.3 is 0 Å². The van der Waals surface area contributed by atoms with Crippen molar-refractivity contribution in [2.24, 2.45) is 0 Å². The van der Waals surface area contributed by atoms with E-state index in [-0.39, 0.29) is 0 Å². The summed E-state index contributed by atoms with van der Waals surface area (Å²) in [4.78, 5) is 0. The van der Waals surface area contributed by atoms with Gasteiger partial charge in [-0.15, -0.1) is 0 Å². The van der Waals surface area contributed by atoms with Gasteiger partial charge in [-0.1, -0.05) is 29.8 Å². The molecule has 0 radical (unpaired) electrons. The van der Waals surface area contributed by atoms with Crippen LogP contribution in [0.3, 0.4) is 0 Å². The van der Waals surface area contributed by atoms with Crippen LogP contribution in [-0.4, -0.2) is 12.9 Å². The largest absolute Gasteiger partial charge is 0.284 e. The lowest BCUT2D eigenvalue weighted by Gasteiger charge is -2.07. The number of hydrogen-bond donors (Lipinski definition) is 0. The average molecular weight is 213 g/mol. The smallest absolute Gasteiger partial charge is 0.220 e. The summed E-state index contributed by atoms with van der Waals surface area (Å²) >= 11 is 4.97. The van der Waals surface area contributed by atoms with Gasteiger partial charge in [-0.25, -0.2) is 12.8 Å². The van der Waals surface area contributed by atoms with Gasteiger partial charge in [-0.05, 0) is 13.8 Å². The van der Waals surface area contributed by atoms with E-state index >= 15 is 0 Å². The van der Waals surface area contributed by atoms with Crippen LogP contribution in [0.4, 0.5) is 4.39 Å². The SMILES string of the molecule is C/C=C\C=C/S(=O)(=O)C(C)(F)Cl. The van der Waals surface area contributed by atoms with Crippen LogP contribution < -0.4 is 0 Å². The second kappa shape index (κ2) is 4.05. The molecule has 0 aromatic rings. The minimum absolute atomic E-state index is 0.736. The minimum atomic E-state index is -4.00. The molecule has 5 heteroatoms. The predicted molar refractivity (Wildman–Crippen MR) is 48.2 cm³/mol. The van der Waals surface area contributed by atoms with E-state index in [1.54, 1.807) is 13.0 Å². The van der Waals surface area contributed by atoms with Crippen molar-refractivity contribution < 1.29 is 12.8 Å².